The SMILES string of the molecule is COc1ccc(OC)c(C(=O)COC(=O)c2ccc3c(c2)OCO3)c1. The van der Waals surface area contributed by atoms with Crippen LogP contribution in [0.4, 0.5) is 0 Å². The molecule has 3 rings (SSSR count). The van der Waals surface area contributed by atoms with Gasteiger partial charge in [0.05, 0.1) is 25.3 Å². The zero-order valence-corrected chi connectivity index (χ0v) is 13.7. The molecule has 7 heteroatoms. The fraction of sp³-hybridized carbons (Fsp3) is 0.222. The molecule has 1 heterocycles. The Hall–Kier alpha value is -3.22. The first-order valence-electron chi connectivity index (χ1n) is 7.44. The van der Waals surface area contributed by atoms with Gasteiger partial charge in [0.15, 0.2) is 18.1 Å². The molecule has 0 bridgehead atoms. The van der Waals surface area contributed by atoms with Crippen molar-refractivity contribution in [3.63, 3.8) is 0 Å². The quantitative estimate of drug-likeness (QED) is 0.588. The van der Waals surface area contributed by atoms with Crippen LogP contribution in [-0.4, -0.2) is 39.4 Å². The zero-order chi connectivity index (χ0) is 17.8. The molecule has 0 amide bonds. The largest absolute Gasteiger partial charge is 0.497 e. The van der Waals surface area contributed by atoms with E-state index in [-0.39, 0.29) is 17.9 Å². The molecular weight excluding hydrogens is 328 g/mol. The van der Waals surface area contributed by atoms with E-state index in [2.05, 4.69) is 0 Å². The molecular formula is C18H16O7. The minimum absolute atomic E-state index is 0.113. The van der Waals surface area contributed by atoms with Gasteiger partial charge in [-0.3, -0.25) is 4.79 Å². The summed E-state index contributed by atoms with van der Waals surface area (Å²) in [5.41, 5.74) is 0.551. The molecule has 0 N–H and O–H groups in total. The molecule has 0 aromatic heterocycles. The molecule has 1 aliphatic heterocycles. The molecule has 0 saturated carbocycles. The normalized spacial score (nSPS) is 11.8. The van der Waals surface area contributed by atoms with Crippen molar-refractivity contribution in [3.05, 3.63) is 47.5 Å². The van der Waals surface area contributed by atoms with E-state index in [1.165, 1.54) is 26.4 Å². The van der Waals surface area contributed by atoms with Crippen LogP contribution >= 0.6 is 0 Å². The van der Waals surface area contributed by atoms with Crippen molar-refractivity contribution in [1.29, 1.82) is 0 Å². The van der Waals surface area contributed by atoms with E-state index in [0.717, 1.165) is 0 Å². The monoisotopic (exact) mass is 344 g/mol. The molecule has 0 unspecified atom stereocenters. The van der Waals surface area contributed by atoms with Crippen LogP contribution in [-0.2, 0) is 4.74 Å². The lowest BCUT2D eigenvalue weighted by Crippen LogP contribution is -2.15. The molecule has 0 radical (unpaired) electrons. The van der Waals surface area contributed by atoms with Gasteiger partial charge in [-0.2, -0.15) is 0 Å². The molecule has 0 spiro atoms. The fourth-order valence-corrected chi connectivity index (χ4v) is 2.35. The second kappa shape index (κ2) is 7.12. The Kier molecular flexibility index (Phi) is 4.74. The molecule has 130 valence electrons. The number of hydrogen-bond donors (Lipinski definition) is 0. The minimum Gasteiger partial charge on any atom is -0.497 e. The van der Waals surface area contributed by atoms with Gasteiger partial charge in [-0.05, 0) is 36.4 Å². The van der Waals surface area contributed by atoms with Gasteiger partial charge in [0.2, 0.25) is 12.6 Å². The second-order valence-electron chi connectivity index (χ2n) is 5.13. The Bertz CT molecular complexity index is 813. The number of benzene rings is 2. The van der Waals surface area contributed by atoms with Crippen LogP contribution in [0.5, 0.6) is 23.0 Å². The van der Waals surface area contributed by atoms with Gasteiger partial charge >= 0.3 is 5.97 Å². The first kappa shape index (κ1) is 16.6. The maximum absolute atomic E-state index is 12.4. The number of carbonyl (C=O) groups is 2. The summed E-state index contributed by atoms with van der Waals surface area (Å²) < 4.78 is 25.8. The van der Waals surface area contributed by atoms with Crippen LogP contribution in [0, 0.1) is 0 Å². The highest BCUT2D eigenvalue weighted by Gasteiger charge is 2.19. The summed E-state index contributed by atoms with van der Waals surface area (Å²) in [5.74, 6) is 0.888. The highest BCUT2D eigenvalue weighted by Crippen LogP contribution is 2.32. The van der Waals surface area contributed by atoms with Crippen molar-refractivity contribution < 1.29 is 33.3 Å². The number of ketones is 1. The first-order valence-corrected chi connectivity index (χ1v) is 7.44. The zero-order valence-electron chi connectivity index (χ0n) is 13.7. The van der Waals surface area contributed by atoms with Crippen molar-refractivity contribution >= 4 is 11.8 Å². The molecule has 0 fully saturated rings. The van der Waals surface area contributed by atoms with Gasteiger partial charge in [-0.15, -0.1) is 0 Å². The van der Waals surface area contributed by atoms with Crippen molar-refractivity contribution in [2.24, 2.45) is 0 Å². The van der Waals surface area contributed by atoms with Crippen LogP contribution in [0.25, 0.3) is 0 Å². The third-order valence-electron chi connectivity index (χ3n) is 3.65. The lowest BCUT2D eigenvalue weighted by molar-refractivity contribution is 0.0473. The summed E-state index contributed by atoms with van der Waals surface area (Å²) in [6, 6.07) is 9.51. The van der Waals surface area contributed by atoms with E-state index in [1.807, 2.05) is 0 Å². The topological polar surface area (TPSA) is 80.3 Å². The van der Waals surface area contributed by atoms with E-state index < -0.39 is 18.4 Å². The highest BCUT2D eigenvalue weighted by atomic mass is 16.7. The summed E-state index contributed by atoms with van der Waals surface area (Å²) in [5, 5.41) is 0. The van der Waals surface area contributed by atoms with Crippen LogP contribution < -0.4 is 18.9 Å². The van der Waals surface area contributed by atoms with Gasteiger partial charge in [0.25, 0.3) is 0 Å². The Morgan fingerprint density at radius 2 is 1.80 bits per heavy atom. The molecule has 25 heavy (non-hydrogen) atoms. The van der Waals surface area contributed by atoms with Gasteiger partial charge < -0.3 is 23.7 Å². The average molecular weight is 344 g/mol. The van der Waals surface area contributed by atoms with Gasteiger partial charge in [0, 0.05) is 0 Å². The lowest BCUT2D eigenvalue weighted by atomic mass is 10.1. The number of carbonyl (C=O) groups excluding carboxylic acids is 2. The standard InChI is InChI=1S/C18H16O7/c1-21-12-4-6-15(22-2)13(8-12)14(19)9-23-18(20)11-3-5-16-17(7-11)25-10-24-16/h3-8H,9-10H2,1-2H3. The number of methoxy groups -OCH3 is 2. The predicted molar refractivity (Wildman–Crippen MR) is 86.7 cm³/mol. The number of fused-ring (bicyclic) bond motifs is 1. The van der Waals surface area contributed by atoms with Crippen molar-refractivity contribution in [3.8, 4) is 23.0 Å². The highest BCUT2D eigenvalue weighted by molar-refractivity contribution is 6.01. The lowest BCUT2D eigenvalue weighted by Gasteiger charge is -2.10. The Labute approximate surface area is 144 Å². The average Bonchev–Trinajstić information content (AvgIpc) is 3.12. The molecule has 0 saturated heterocycles. The summed E-state index contributed by atoms with van der Waals surface area (Å²) in [4.78, 5) is 24.5. The Morgan fingerprint density at radius 3 is 2.56 bits per heavy atom. The Balaban J connectivity index is 1.69. The Morgan fingerprint density at radius 1 is 1.00 bits per heavy atom. The van der Waals surface area contributed by atoms with Gasteiger partial charge in [-0.1, -0.05) is 0 Å². The maximum Gasteiger partial charge on any atom is 0.338 e. The van der Waals surface area contributed by atoms with Crippen molar-refractivity contribution in [2.45, 2.75) is 0 Å². The van der Waals surface area contributed by atoms with Crippen molar-refractivity contribution in [2.75, 3.05) is 27.6 Å². The van der Waals surface area contributed by atoms with E-state index in [4.69, 9.17) is 23.7 Å². The van der Waals surface area contributed by atoms with E-state index in [9.17, 15) is 9.59 Å². The summed E-state index contributed by atoms with van der Waals surface area (Å²) in [6.45, 7) is -0.307. The second-order valence-corrected chi connectivity index (χ2v) is 5.13. The molecule has 2 aromatic rings. The van der Waals surface area contributed by atoms with Gasteiger partial charge in [0.1, 0.15) is 11.5 Å². The number of ether oxygens (including phenoxy) is 5. The maximum atomic E-state index is 12.4. The number of Topliss-reactive ketones (excluding diaryl/α,β-unsaturated/α-hetero) is 1. The van der Waals surface area contributed by atoms with Gasteiger partial charge in [-0.25, -0.2) is 4.79 Å². The molecule has 0 atom stereocenters. The molecule has 0 aliphatic carbocycles. The van der Waals surface area contributed by atoms with Crippen molar-refractivity contribution in [1.82, 2.24) is 0 Å². The van der Waals surface area contributed by atoms with Crippen LogP contribution in [0.2, 0.25) is 0 Å². The third-order valence-corrected chi connectivity index (χ3v) is 3.65. The van der Waals surface area contributed by atoms with Crippen LogP contribution in [0.3, 0.4) is 0 Å². The number of hydrogen-bond acceptors (Lipinski definition) is 7. The number of esters is 1. The number of rotatable bonds is 6. The fourth-order valence-electron chi connectivity index (χ4n) is 2.35. The minimum atomic E-state index is -0.631. The van der Waals surface area contributed by atoms with E-state index in [1.54, 1.807) is 24.3 Å². The molecule has 7 nitrogen and oxygen atoms in total. The van der Waals surface area contributed by atoms with E-state index in [0.29, 0.717) is 23.0 Å². The summed E-state index contributed by atoms with van der Waals surface area (Å²) in [7, 11) is 2.95. The van der Waals surface area contributed by atoms with E-state index >= 15 is 0 Å². The summed E-state index contributed by atoms with van der Waals surface area (Å²) in [6.07, 6.45) is 0. The first-order chi connectivity index (χ1) is 12.1. The smallest absolute Gasteiger partial charge is 0.338 e. The van der Waals surface area contributed by atoms with Crippen LogP contribution in [0.1, 0.15) is 20.7 Å². The summed E-state index contributed by atoms with van der Waals surface area (Å²) >= 11 is 0. The predicted octanol–water partition coefficient (Wildman–Crippen LogP) is 2.47. The third kappa shape index (κ3) is 3.50. The van der Waals surface area contributed by atoms with Crippen LogP contribution in [0.15, 0.2) is 36.4 Å². The molecule has 2 aromatic carbocycles. The molecule has 1 aliphatic rings.